The number of nitrogens with zero attached hydrogens (tertiary/aromatic N) is 4. The number of hydrogen-bond acceptors (Lipinski definition) is 6. The number of rotatable bonds is 6. The van der Waals surface area contributed by atoms with Crippen LogP contribution in [-0.4, -0.2) is 26.6 Å². The number of nitrogens with one attached hydrogen (secondary N) is 1. The second-order valence-corrected chi connectivity index (χ2v) is 6.00. The molecule has 0 unspecified atom stereocenters. The first-order chi connectivity index (χ1) is 14.0. The Morgan fingerprint density at radius 1 is 1.17 bits per heavy atom. The zero-order valence-electron chi connectivity index (χ0n) is 15.7. The van der Waals surface area contributed by atoms with Crippen LogP contribution in [0.1, 0.15) is 34.8 Å². The lowest BCUT2D eigenvalue weighted by Crippen LogP contribution is -2.15. The zero-order chi connectivity index (χ0) is 20.8. The summed E-state index contributed by atoms with van der Waals surface area (Å²) in [4.78, 5) is 29.0. The molecule has 0 saturated carbocycles. The van der Waals surface area contributed by atoms with Crippen molar-refractivity contribution < 1.29 is 18.4 Å². The van der Waals surface area contributed by atoms with E-state index < -0.39 is 17.5 Å². The van der Waals surface area contributed by atoms with E-state index in [1.165, 1.54) is 12.4 Å². The number of aromatic nitrogens is 3. The number of halogens is 2. The molecule has 0 aliphatic carbocycles. The van der Waals surface area contributed by atoms with Crippen LogP contribution in [-0.2, 0) is 0 Å². The molecule has 0 aromatic carbocycles. The summed E-state index contributed by atoms with van der Waals surface area (Å²) in [5.41, 5.74) is 2.35. The van der Waals surface area contributed by atoms with Crippen molar-refractivity contribution in [2.75, 3.05) is 5.32 Å². The molecule has 29 heavy (non-hydrogen) atoms. The minimum atomic E-state index is -0.953. The van der Waals surface area contributed by atoms with Gasteiger partial charge in [0.2, 0.25) is 0 Å². The summed E-state index contributed by atoms with van der Waals surface area (Å²) in [6, 6.07) is 5.71. The quantitative estimate of drug-likeness (QED) is 0.503. The summed E-state index contributed by atoms with van der Waals surface area (Å²) in [5.74, 6) is -2.16. The molecule has 148 valence electrons. The highest BCUT2D eigenvalue weighted by Crippen LogP contribution is 2.16. The highest BCUT2D eigenvalue weighted by atomic mass is 19.1. The van der Waals surface area contributed by atoms with E-state index in [0.29, 0.717) is 35.1 Å². The van der Waals surface area contributed by atoms with Crippen LogP contribution in [0.3, 0.4) is 0 Å². The fourth-order valence-electron chi connectivity index (χ4n) is 2.41. The van der Waals surface area contributed by atoms with E-state index in [9.17, 15) is 13.6 Å². The molecule has 0 spiro atoms. The zero-order valence-corrected chi connectivity index (χ0v) is 15.7. The van der Waals surface area contributed by atoms with Gasteiger partial charge < -0.3 is 10.2 Å². The van der Waals surface area contributed by atoms with Gasteiger partial charge >= 0.3 is 0 Å². The molecule has 0 bridgehead atoms. The Morgan fingerprint density at radius 2 is 2.00 bits per heavy atom. The molecule has 0 fully saturated rings. The average molecular weight is 397 g/mol. The average Bonchev–Trinajstić information content (AvgIpc) is 2.71. The Balaban J connectivity index is 1.72. The van der Waals surface area contributed by atoms with Crippen LogP contribution in [0.15, 0.2) is 54.2 Å². The van der Waals surface area contributed by atoms with Crippen LogP contribution >= 0.6 is 0 Å². The van der Waals surface area contributed by atoms with Crippen molar-refractivity contribution in [3.05, 3.63) is 77.4 Å². The Kier molecular flexibility index (Phi) is 6.18. The van der Waals surface area contributed by atoms with Crippen LogP contribution in [0, 0.1) is 18.6 Å². The minimum Gasteiger partial charge on any atom is -0.333 e. The van der Waals surface area contributed by atoms with E-state index in [-0.39, 0.29) is 5.91 Å². The van der Waals surface area contributed by atoms with Crippen molar-refractivity contribution in [2.24, 2.45) is 5.16 Å². The van der Waals surface area contributed by atoms with Gasteiger partial charge in [0.15, 0.2) is 5.82 Å². The van der Waals surface area contributed by atoms with Crippen molar-refractivity contribution in [3.8, 4) is 5.88 Å². The number of amides is 1. The maximum Gasteiger partial charge on any atom is 0.284 e. The smallest absolute Gasteiger partial charge is 0.284 e. The third-order valence-corrected chi connectivity index (χ3v) is 3.97. The van der Waals surface area contributed by atoms with Gasteiger partial charge in [-0.1, -0.05) is 12.1 Å². The van der Waals surface area contributed by atoms with Gasteiger partial charge in [-0.15, -0.1) is 0 Å². The molecule has 0 atom stereocenters. The third-order valence-electron chi connectivity index (χ3n) is 3.97. The number of hydrogen-bond donors (Lipinski definition) is 1. The topological polar surface area (TPSA) is 89.4 Å². The van der Waals surface area contributed by atoms with Gasteiger partial charge in [0.1, 0.15) is 11.6 Å². The van der Waals surface area contributed by atoms with E-state index in [0.717, 1.165) is 11.8 Å². The van der Waals surface area contributed by atoms with Crippen molar-refractivity contribution in [2.45, 2.75) is 20.3 Å². The molecular weight excluding hydrogens is 380 g/mol. The summed E-state index contributed by atoms with van der Waals surface area (Å²) in [7, 11) is 0. The Labute approximate surface area is 165 Å². The van der Waals surface area contributed by atoms with Crippen molar-refractivity contribution >= 4 is 17.4 Å². The highest BCUT2D eigenvalue weighted by molar-refractivity contribution is 6.05. The fourth-order valence-corrected chi connectivity index (χ4v) is 2.41. The number of pyridine rings is 3. The summed E-state index contributed by atoms with van der Waals surface area (Å²) >= 11 is 0. The molecule has 3 heterocycles. The van der Waals surface area contributed by atoms with Gasteiger partial charge in [-0.2, -0.15) is 0 Å². The van der Waals surface area contributed by atoms with Crippen molar-refractivity contribution in [1.82, 2.24) is 15.0 Å². The van der Waals surface area contributed by atoms with E-state index in [1.54, 1.807) is 24.4 Å². The number of carbonyl (C=O) groups excluding carboxylic acids is 1. The SMILES string of the molecule is CCC(=NOc1ncc(F)cc1F)c1ccc(NC(=O)c2cnccc2C)nc1. The molecule has 1 amide bonds. The van der Waals surface area contributed by atoms with E-state index in [4.69, 9.17) is 4.84 Å². The Hall–Kier alpha value is -3.75. The van der Waals surface area contributed by atoms with Gasteiger partial charge in [-0.3, -0.25) is 9.78 Å². The lowest BCUT2D eigenvalue weighted by atomic mass is 10.1. The van der Waals surface area contributed by atoms with E-state index in [2.05, 4.69) is 25.4 Å². The summed E-state index contributed by atoms with van der Waals surface area (Å²) in [6.45, 7) is 3.65. The molecule has 3 aromatic heterocycles. The lowest BCUT2D eigenvalue weighted by Gasteiger charge is -2.08. The Bertz CT molecular complexity index is 1050. The van der Waals surface area contributed by atoms with Crippen molar-refractivity contribution in [3.63, 3.8) is 0 Å². The Morgan fingerprint density at radius 3 is 2.66 bits per heavy atom. The van der Waals surface area contributed by atoms with Gasteiger partial charge in [-0.05, 0) is 37.1 Å². The first-order valence-corrected chi connectivity index (χ1v) is 8.71. The first-order valence-electron chi connectivity index (χ1n) is 8.71. The standard InChI is InChI=1S/C20H17F2N5O2/c1-3-17(27-29-20-16(22)8-14(21)10-25-20)13-4-5-18(24-9-13)26-19(28)15-11-23-7-6-12(15)2/h4-11H,3H2,1-2H3,(H,24,26,28). The van der Waals surface area contributed by atoms with Crippen molar-refractivity contribution in [1.29, 1.82) is 0 Å². The summed E-state index contributed by atoms with van der Waals surface area (Å²) < 4.78 is 26.5. The molecule has 0 saturated heterocycles. The molecule has 3 aromatic rings. The van der Waals surface area contributed by atoms with E-state index in [1.807, 2.05) is 13.8 Å². The van der Waals surface area contributed by atoms with Gasteiger partial charge in [-0.25, -0.2) is 18.7 Å². The van der Waals surface area contributed by atoms with Gasteiger partial charge in [0.05, 0.1) is 17.5 Å². The van der Waals surface area contributed by atoms with E-state index >= 15 is 0 Å². The summed E-state index contributed by atoms with van der Waals surface area (Å²) in [5, 5.41) is 6.58. The van der Waals surface area contributed by atoms with Gasteiger partial charge in [0.25, 0.3) is 11.8 Å². The third kappa shape index (κ3) is 4.95. The molecule has 0 aliphatic rings. The monoisotopic (exact) mass is 397 g/mol. The van der Waals surface area contributed by atoms with Crippen LogP contribution in [0.2, 0.25) is 0 Å². The second kappa shape index (κ2) is 8.96. The first kappa shape index (κ1) is 20.0. The van der Waals surface area contributed by atoms with Crippen LogP contribution in [0.25, 0.3) is 0 Å². The number of anilines is 1. The summed E-state index contributed by atoms with van der Waals surface area (Å²) in [6.07, 6.45) is 5.90. The number of oxime groups is 1. The largest absolute Gasteiger partial charge is 0.333 e. The normalized spacial score (nSPS) is 11.2. The van der Waals surface area contributed by atoms with Crippen LogP contribution in [0.4, 0.5) is 14.6 Å². The molecule has 3 rings (SSSR count). The molecule has 7 nitrogen and oxygen atoms in total. The van der Waals surface area contributed by atoms with Gasteiger partial charge in [0, 0.05) is 30.2 Å². The minimum absolute atomic E-state index is 0.318. The highest BCUT2D eigenvalue weighted by Gasteiger charge is 2.11. The maximum atomic E-state index is 13.6. The molecule has 0 aliphatic heterocycles. The second-order valence-electron chi connectivity index (χ2n) is 6.00. The number of aryl methyl sites for hydroxylation is 1. The lowest BCUT2D eigenvalue weighted by molar-refractivity contribution is 0.102. The number of carbonyl (C=O) groups is 1. The van der Waals surface area contributed by atoms with Crippen LogP contribution in [0.5, 0.6) is 5.88 Å². The fraction of sp³-hybridized carbons (Fsp3) is 0.150. The molecule has 9 heteroatoms. The van der Waals surface area contributed by atoms with Crippen LogP contribution < -0.4 is 10.2 Å². The molecular formula is C20H17F2N5O2. The molecule has 1 N–H and O–H groups in total. The molecule has 0 radical (unpaired) electrons. The predicted octanol–water partition coefficient (Wildman–Crippen LogP) is 3.90. The maximum absolute atomic E-state index is 13.6. The predicted molar refractivity (Wildman–Crippen MR) is 103 cm³/mol.